The van der Waals surface area contributed by atoms with Crippen molar-refractivity contribution in [1.29, 1.82) is 0 Å². The van der Waals surface area contributed by atoms with Gasteiger partial charge in [-0.25, -0.2) is 4.98 Å². The number of hydrogen-bond donors (Lipinski definition) is 3. The van der Waals surface area contributed by atoms with Gasteiger partial charge in [-0.2, -0.15) is 0 Å². The molecule has 0 saturated heterocycles. The number of nitrogens with zero attached hydrogens (tertiary/aromatic N) is 2. The zero-order chi connectivity index (χ0) is 15.6. The number of carbonyl (C=O) groups excluding carboxylic acids is 2. The van der Waals surface area contributed by atoms with E-state index in [2.05, 4.69) is 10.3 Å². The van der Waals surface area contributed by atoms with Gasteiger partial charge in [0.05, 0.1) is 6.54 Å². The minimum Gasteiger partial charge on any atom is -0.382 e. The molecule has 0 unspecified atom stereocenters. The first-order chi connectivity index (χ1) is 9.86. The van der Waals surface area contributed by atoms with E-state index in [1.54, 1.807) is 0 Å². The van der Waals surface area contributed by atoms with Crippen LogP contribution in [0, 0.1) is 5.92 Å². The van der Waals surface area contributed by atoms with Crippen molar-refractivity contribution >= 4 is 34.1 Å². The minimum atomic E-state index is -0.539. The zero-order valence-electron chi connectivity index (χ0n) is 12.3. The largest absolute Gasteiger partial charge is 0.382 e. The molecule has 5 N–H and O–H groups in total. The molecule has 116 valence electrons. The summed E-state index contributed by atoms with van der Waals surface area (Å²) in [4.78, 5) is 29.6. The predicted octanol–water partition coefficient (Wildman–Crippen LogP) is 0.883. The van der Waals surface area contributed by atoms with E-state index < -0.39 is 5.91 Å². The molecule has 7 nitrogen and oxygen atoms in total. The molecule has 0 aromatic carbocycles. The zero-order valence-corrected chi connectivity index (χ0v) is 13.1. The maximum Gasteiger partial charge on any atom is 0.268 e. The number of carbonyl (C=O) groups is 2. The van der Waals surface area contributed by atoms with Crippen LogP contribution in [0.25, 0.3) is 0 Å². The maximum atomic E-state index is 12.5. The molecule has 0 spiro atoms. The molecule has 2 amide bonds. The molecule has 0 radical (unpaired) electrons. The molecule has 1 fully saturated rings. The van der Waals surface area contributed by atoms with Crippen LogP contribution in [0.2, 0.25) is 0 Å². The Morgan fingerprint density at radius 2 is 2.14 bits per heavy atom. The highest BCUT2D eigenvalue weighted by Gasteiger charge is 2.26. The first kappa shape index (κ1) is 15.6. The highest BCUT2D eigenvalue weighted by Crippen LogP contribution is 2.31. The fraction of sp³-hybridized carbons (Fsp3) is 0.615. The van der Waals surface area contributed by atoms with E-state index in [1.807, 2.05) is 13.8 Å². The molecular formula is C13H21N5O2S. The van der Waals surface area contributed by atoms with E-state index in [0.29, 0.717) is 22.6 Å². The van der Waals surface area contributed by atoms with E-state index in [0.717, 1.165) is 12.8 Å². The molecule has 0 aliphatic heterocycles. The van der Waals surface area contributed by atoms with Gasteiger partial charge in [0.25, 0.3) is 5.91 Å². The van der Waals surface area contributed by atoms with Crippen LogP contribution in [0.15, 0.2) is 0 Å². The third-order valence-corrected chi connectivity index (χ3v) is 3.96. The van der Waals surface area contributed by atoms with Gasteiger partial charge in [-0.05, 0) is 18.8 Å². The van der Waals surface area contributed by atoms with Crippen LogP contribution >= 0.6 is 11.3 Å². The molecule has 8 heteroatoms. The lowest BCUT2D eigenvalue weighted by Crippen LogP contribution is -2.40. The van der Waals surface area contributed by atoms with Crippen LogP contribution in [-0.2, 0) is 4.79 Å². The Kier molecular flexibility index (Phi) is 4.66. The van der Waals surface area contributed by atoms with Gasteiger partial charge in [0.2, 0.25) is 5.91 Å². The van der Waals surface area contributed by atoms with Gasteiger partial charge in [-0.1, -0.05) is 25.2 Å². The number of aromatic nitrogens is 1. The molecule has 1 saturated carbocycles. The monoisotopic (exact) mass is 311 g/mol. The second-order valence-electron chi connectivity index (χ2n) is 5.70. The van der Waals surface area contributed by atoms with Crippen molar-refractivity contribution in [3.05, 3.63) is 4.88 Å². The number of primary amides is 1. The Morgan fingerprint density at radius 3 is 2.67 bits per heavy atom. The van der Waals surface area contributed by atoms with E-state index >= 15 is 0 Å². The second-order valence-corrected chi connectivity index (χ2v) is 6.70. The van der Waals surface area contributed by atoms with Gasteiger partial charge in [0.15, 0.2) is 5.13 Å². The van der Waals surface area contributed by atoms with Crippen molar-refractivity contribution in [3.8, 4) is 0 Å². The van der Waals surface area contributed by atoms with Crippen molar-refractivity contribution in [2.75, 3.05) is 24.1 Å². The Balaban J connectivity index is 2.14. The number of anilines is 2. The number of rotatable bonds is 7. The fourth-order valence-corrected chi connectivity index (χ4v) is 2.87. The average Bonchev–Trinajstić information content (AvgIpc) is 3.09. The van der Waals surface area contributed by atoms with E-state index in [-0.39, 0.29) is 24.2 Å². The van der Waals surface area contributed by atoms with E-state index in [9.17, 15) is 9.59 Å². The van der Waals surface area contributed by atoms with Gasteiger partial charge in [-0.15, -0.1) is 0 Å². The molecule has 1 aromatic heterocycles. The lowest BCUT2D eigenvalue weighted by Gasteiger charge is -2.22. The Hall–Kier alpha value is -1.83. The second kappa shape index (κ2) is 6.30. The number of amides is 2. The summed E-state index contributed by atoms with van der Waals surface area (Å²) in [5.41, 5.74) is 11.0. The Bertz CT molecular complexity index is 539. The average molecular weight is 311 g/mol. The Morgan fingerprint density at radius 1 is 1.48 bits per heavy atom. The molecule has 0 atom stereocenters. The molecule has 21 heavy (non-hydrogen) atoms. The fourth-order valence-electron chi connectivity index (χ4n) is 1.94. The Labute approximate surface area is 127 Å². The van der Waals surface area contributed by atoms with Crippen molar-refractivity contribution in [1.82, 2.24) is 9.88 Å². The predicted molar refractivity (Wildman–Crippen MR) is 83.1 cm³/mol. The topological polar surface area (TPSA) is 114 Å². The SMILES string of the molecule is CC(C)CN(CC(N)=O)C(=O)c1sc(NC2CC2)nc1N. The molecule has 0 bridgehead atoms. The van der Waals surface area contributed by atoms with E-state index in [1.165, 1.54) is 16.2 Å². The van der Waals surface area contributed by atoms with Crippen LogP contribution in [0.4, 0.5) is 10.9 Å². The van der Waals surface area contributed by atoms with Gasteiger partial charge in [-0.3, -0.25) is 9.59 Å². The lowest BCUT2D eigenvalue weighted by molar-refractivity contribution is -0.118. The number of thiazole rings is 1. The van der Waals surface area contributed by atoms with Gasteiger partial charge in [0, 0.05) is 12.6 Å². The normalized spacial score (nSPS) is 14.2. The van der Waals surface area contributed by atoms with Crippen LogP contribution < -0.4 is 16.8 Å². The summed E-state index contributed by atoms with van der Waals surface area (Å²) in [5, 5.41) is 3.87. The van der Waals surface area contributed by atoms with Crippen LogP contribution in [-0.4, -0.2) is 40.8 Å². The minimum absolute atomic E-state index is 0.111. The lowest BCUT2D eigenvalue weighted by atomic mass is 10.2. The smallest absolute Gasteiger partial charge is 0.268 e. The van der Waals surface area contributed by atoms with Crippen LogP contribution in [0.1, 0.15) is 36.4 Å². The maximum absolute atomic E-state index is 12.5. The van der Waals surface area contributed by atoms with Gasteiger partial charge in [0.1, 0.15) is 10.7 Å². The molecule has 1 aromatic rings. The highest BCUT2D eigenvalue weighted by atomic mass is 32.1. The quantitative estimate of drug-likeness (QED) is 0.691. The van der Waals surface area contributed by atoms with Crippen molar-refractivity contribution in [3.63, 3.8) is 0 Å². The van der Waals surface area contributed by atoms with Crippen LogP contribution in [0.3, 0.4) is 0 Å². The number of hydrogen-bond acceptors (Lipinski definition) is 6. The van der Waals surface area contributed by atoms with Crippen molar-refractivity contribution in [2.45, 2.75) is 32.7 Å². The standard InChI is InChI=1S/C13H21N5O2S/c1-7(2)5-18(6-9(14)19)12(20)10-11(15)17-13(21-10)16-8-3-4-8/h7-8H,3-6,15H2,1-2H3,(H2,14,19)(H,16,17). The summed E-state index contributed by atoms with van der Waals surface area (Å²) in [6.45, 7) is 4.28. The summed E-state index contributed by atoms with van der Waals surface area (Å²) in [6, 6.07) is 0.441. The molecule has 1 aliphatic rings. The molecular weight excluding hydrogens is 290 g/mol. The number of nitrogens with two attached hydrogens (primary N) is 2. The third kappa shape index (κ3) is 4.32. The number of nitrogen functional groups attached to an aromatic ring is 1. The van der Waals surface area contributed by atoms with Gasteiger partial charge < -0.3 is 21.7 Å². The molecule has 2 rings (SSSR count). The van der Waals surface area contributed by atoms with E-state index in [4.69, 9.17) is 11.5 Å². The summed E-state index contributed by atoms with van der Waals surface area (Å²) in [5.74, 6) is -0.400. The summed E-state index contributed by atoms with van der Waals surface area (Å²) >= 11 is 1.23. The first-order valence-corrected chi connectivity index (χ1v) is 7.79. The highest BCUT2D eigenvalue weighted by molar-refractivity contribution is 7.18. The van der Waals surface area contributed by atoms with Crippen molar-refractivity contribution < 1.29 is 9.59 Å². The molecule has 1 heterocycles. The van der Waals surface area contributed by atoms with Crippen molar-refractivity contribution in [2.24, 2.45) is 11.7 Å². The third-order valence-electron chi connectivity index (χ3n) is 2.97. The first-order valence-electron chi connectivity index (χ1n) is 6.97. The molecule has 1 aliphatic carbocycles. The summed E-state index contributed by atoms with van der Waals surface area (Å²) < 4.78 is 0. The summed E-state index contributed by atoms with van der Waals surface area (Å²) in [7, 11) is 0. The van der Waals surface area contributed by atoms with Gasteiger partial charge >= 0.3 is 0 Å². The van der Waals surface area contributed by atoms with Crippen LogP contribution in [0.5, 0.6) is 0 Å². The summed E-state index contributed by atoms with van der Waals surface area (Å²) in [6.07, 6.45) is 2.23. The number of nitrogens with one attached hydrogen (secondary N) is 1.